The van der Waals surface area contributed by atoms with E-state index in [1.165, 1.54) is 12.8 Å². The predicted molar refractivity (Wildman–Crippen MR) is 105 cm³/mol. The first kappa shape index (κ1) is 18.9. The molecule has 3 rings (SSSR count). The molecule has 7 nitrogen and oxygen atoms in total. The van der Waals surface area contributed by atoms with Gasteiger partial charge < -0.3 is 20.5 Å². The fourth-order valence-corrected chi connectivity index (χ4v) is 3.31. The molecule has 1 aromatic carbocycles. The molecule has 27 heavy (non-hydrogen) atoms. The molecular formula is C20H27N5O2. The quantitative estimate of drug-likeness (QED) is 0.656. The first-order valence-corrected chi connectivity index (χ1v) is 9.55. The lowest BCUT2D eigenvalue weighted by molar-refractivity contribution is 0.0938. The molecule has 1 aliphatic carbocycles. The van der Waals surface area contributed by atoms with E-state index < -0.39 is 0 Å². The van der Waals surface area contributed by atoms with Crippen LogP contribution in [0.5, 0.6) is 0 Å². The SMILES string of the molecule is Cc1nccn1CCCNC(=O)Nc1ccc(C(=O)NC2CCCC2)cc1. The number of carbonyl (C=O) groups is 2. The zero-order valence-corrected chi connectivity index (χ0v) is 15.7. The molecule has 0 saturated heterocycles. The highest BCUT2D eigenvalue weighted by Gasteiger charge is 2.17. The topological polar surface area (TPSA) is 88.1 Å². The molecule has 0 spiro atoms. The Kier molecular flexibility index (Phi) is 6.46. The van der Waals surface area contributed by atoms with Crippen LogP contribution in [0.2, 0.25) is 0 Å². The third-order valence-corrected chi connectivity index (χ3v) is 4.88. The Morgan fingerprint density at radius 2 is 1.93 bits per heavy atom. The van der Waals surface area contributed by atoms with Gasteiger partial charge in [-0.15, -0.1) is 0 Å². The van der Waals surface area contributed by atoms with Gasteiger partial charge in [0.15, 0.2) is 0 Å². The van der Waals surface area contributed by atoms with Gasteiger partial charge in [-0.25, -0.2) is 9.78 Å². The lowest BCUT2D eigenvalue weighted by Crippen LogP contribution is -2.32. The van der Waals surface area contributed by atoms with E-state index in [0.29, 0.717) is 23.8 Å². The van der Waals surface area contributed by atoms with E-state index >= 15 is 0 Å². The molecule has 0 unspecified atom stereocenters. The number of imidazole rings is 1. The van der Waals surface area contributed by atoms with Crippen molar-refractivity contribution in [3.63, 3.8) is 0 Å². The molecule has 2 aromatic rings. The van der Waals surface area contributed by atoms with Gasteiger partial charge in [0.25, 0.3) is 5.91 Å². The van der Waals surface area contributed by atoms with E-state index in [-0.39, 0.29) is 11.9 Å². The summed E-state index contributed by atoms with van der Waals surface area (Å²) in [5.74, 6) is 0.921. The van der Waals surface area contributed by atoms with Crippen molar-refractivity contribution in [3.8, 4) is 0 Å². The molecule has 1 saturated carbocycles. The molecule has 3 amide bonds. The van der Waals surface area contributed by atoms with E-state index in [4.69, 9.17) is 0 Å². The number of amides is 3. The second-order valence-corrected chi connectivity index (χ2v) is 6.93. The highest BCUT2D eigenvalue weighted by molar-refractivity contribution is 5.95. The Morgan fingerprint density at radius 1 is 1.19 bits per heavy atom. The third kappa shape index (κ3) is 5.57. The summed E-state index contributed by atoms with van der Waals surface area (Å²) < 4.78 is 2.05. The fraction of sp³-hybridized carbons (Fsp3) is 0.450. The number of aryl methyl sites for hydroxylation is 2. The number of carbonyl (C=O) groups excluding carboxylic acids is 2. The number of rotatable bonds is 7. The van der Waals surface area contributed by atoms with Crippen molar-refractivity contribution in [2.75, 3.05) is 11.9 Å². The van der Waals surface area contributed by atoms with Crippen LogP contribution in [-0.2, 0) is 6.54 Å². The number of hydrogen-bond donors (Lipinski definition) is 3. The van der Waals surface area contributed by atoms with Crippen molar-refractivity contribution in [2.45, 2.75) is 51.6 Å². The summed E-state index contributed by atoms with van der Waals surface area (Å²) in [6.07, 6.45) is 9.02. The first-order chi connectivity index (χ1) is 13.1. The van der Waals surface area contributed by atoms with Gasteiger partial charge in [0.2, 0.25) is 0 Å². The van der Waals surface area contributed by atoms with E-state index in [1.54, 1.807) is 30.5 Å². The van der Waals surface area contributed by atoms with Crippen LogP contribution in [0.3, 0.4) is 0 Å². The summed E-state index contributed by atoms with van der Waals surface area (Å²) in [5.41, 5.74) is 1.28. The number of anilines is 1. The molecule has 1 aromatic heterocycles. The van der Waals surface area contributed by atoms with Crippen molar-refractivity contribution in [1.82, 2.24) is 20.2 Å². The number of aromatic nitrogens is 2. The van der Waals surface area contributed by atoms with E-state index in [2.05, 4.69) is 25.5 Å². The summed E-state index contributed by atoms with van der Waals surface area (Å²) in [6.45, 7) is 3.35. The Morgan fingerprint density at radius 3 is 2.59 bits per heavy atom. The molecule has 0 radical (unpaired) electrons. The smallest absolute Gasteiger partial charge is 0.319 e. The minimum absolute atomic E-state index is 0.0484. The average molecular weight is 369 g/mol. The number of urea groups is 1. The number of nitrogens with one attached hydrogen (secondary N) is 3. The van der Waals surface area contributed by atoms with E-state index in [1.807, 2.05) is 13.1 Å². The van der Waals surface area contributed by atoms with Crippen LogP contribution in [0.15, 0.2) is 36.7 Å². The molecule has 0 bridgehead atoms. The van der Waals surface area contributed by atoms with Crippen LogP contribution in [-0.4, -0.2) is 34.1 Å². The van der Waals surface area contributed by atoms with Crippen LogP contribution < -0.4 is 16.0 Å². The number of hydrogen-bond acceptors (Lipinski definition) is 3. The monoisotopic (exact) mass is 369 g/mol. The van der Waals surface area contributed by atoms with Crippen molar-refractivity contribution < 1.29 is 9.59 Å². The minimum Gasteiger partial charge on any atom is -0.349 e. The molecule has 7 heteroatoms. The summed E-state index contributed by atoms with van der Waals surface area (Å²) in [4.78, 5) is 28.4. The molecule has 0 atom stereocenters. The molecule has 1 heterocycles. The van der Waals surface area contributed by atoms with Crippen LogP contribution in [0.1, 0.15) is 48.3 Å². The highest BCUT2D eigenvalue weighted by atomic mass is 16.2. The van der Waals surface area contributed by atoms with Crippen molar-refractivity contribution in [1.29, 1.82) is 0 Å². The summed E-state index contributed by atoms with van der Waals surface area (Å²) in [6, 6.07) is 7.02. The molecule has 1 fully saturated rings. The first-order valence-electron chi connectivity index (χ1n) is 9.55. The largest absolute Gasteiger partial charge is 0.349 e. The van der Waals surface area contributed by atoms with Gasteiger partial charge >= 0.3 is 6.03 Å². The van der Waals surface area contributed by atoms with Gasteiger partial charge in [0, 0.05) is 42.8 Å². The second kappa shape index (κ2) is 9.21. The molecule has 0 aliphatic heterocycles. The molecule has 144 valence electrons. The maximum atomic E-state index is 12.2. The lowest BCUT2D eigenvalue weighted by Gasteiger charge is -2.12. The Hall–Kier alpha value is -2.83. The summed E-state index contributed by atoms with van der Waals surface area (Å²) >= 11 is 0. The Bertz CT molecular complexity index is 763. The van der Waals surface area contributed by atoms with Gasteiger partial charge in [-0.05, 0) is 50.5 Å². The Balaban J connectivity index is 1.38. The third-order valence-electron chi connectivity index (χ3n) is 4.88. The maximum absolute atomic E-state index is 12.2. The van der Waals surface area contributed by atoms with Gasteiger partial charge in [-0.1, -0.05) is 12.8 Å². The van der Waals surface area contributed by atoms with Crippen molar-refractivity contribution in [3.05, 3.63) is 48.0 Å². The van der Waals surface area contributed by atoms with Crippen LogP contribution in [0.4, 0.5) is 10.5 Å². The zero-order valence-electron chi connectivity index (χ0n) is 15.7. The van der Waals surface area contributed by atoms with Gasteiger partial charge in [0.1, 0.15) is 5.82 Å². The van der Waals surface area contributed by atoms with Crippen molar-refractivity contribution in [2.24, 2.45) is 0 Å². The summed E-state index contributed by atoms with van der Waals surface area (Å²) in [7, 11) is 0. The van der Waals surface area contributed by atoms with Crippen LogP contribution in [0, 0.1) is 6.92 Å². The average Bonchev–Trinajstić information content (AvgIpc) is 3.31. The molecule has 1 aliphatic rings. The second-order valence-electron chi connectivity index (χ2n) is 6.93. The number of benzene rings is 1. The van der Waals surface area contributed by atoms with Crippen molar-refractivity contribution >= 4 is 17.6 Å². The molecular weight excluding hydrogens is 342 g/mol. The summed E-state index contributed by atoms with van der Waals surface area (Å²) in [5, 5.41) is 8.68. The van der Waals surface area contributed by atoms with E-state index in [9.17, 15) is 9.59 Å². The maximum Gasteiger partial charge on any atom is 0.319 e. The predicted octanol–water partition coefficient (Wildman–Crippen LogP) is 3.08. The standard InChI is InChI=1S/C20H27N5O2/c1-15-21-12-14-25(15)13-4-11-22-20(27)24-18-9-7-16(8-10-18)19(26)23-17-5-2-3-6-17/h7-10,12,14,17H,2-6,11,13H2,1H3,(H,23,26)(H2,22,24,27). The van der Waals surface area contributed by atoms with Gasteiger partial charge in [-0.2, -0.15) is 0 Å². The van der Waals surface area contributed by atoms with Crippen LogP contribution in [0.25, 0.3) is 0 Å². The fourth-order valence-electron chi connectivity index (χ4n) is 3.31. The minimum atomic E-state index is -0.250. The van der Waals surface area contributed by atoms with Gasteiger partial charge in [0.05, 0.1) is 0 Å². The van der Waals surface area contributed by atoms with E-state index in [0.717, 1.165) is 31.6 Å². The highest BCUT2D eigenvalue weighted by Crippen LogP contribution is 2.18. The number of nitrogens with zero attached hydrogens (tertiary/aromatic N) is 2. The van der Waals surface area contributed by atoms with Gasteiger partial charge in [-0.3, -0.25) is 4.79 Å². The normalized spacial score (nSPS) is 14.1. The zero-order chi connectivity index (χ0) is 19.1. The van der Waals surface area contributed by atoms with Crippen LogP contribution >= 0.6 is 0 Å². The molecule has 3 N–H and O–H groups in total. The lowest BCUT2D eigenvalue weighted by atomic mass is 10.1. The Labute approximate surface area is 159 Å².